The van der Waals surface area contributed by atoms with Gasteiger partial charge in [-0.25, -0.2) is 0 Å². The second-order valence-electron chi connectivity index (χ2n) is 11.9. The summed E-state index contributed by atoms with van der Waals surface area (Å²) in [6.45, 7) is 22.9. The number of benzene rings is 2. The minimum absolute atomic E-state index is 0.000625. The van der Waals surface area contributed by atoms with Crippen molar-refractivity contribution in [3.8, 4) is 5.75 Å². The Hall–Kier alpha value is -2.42. The highest BCUT2D eigenvalue weighted by Crippen LogP contribution is 2.44. The summed E-state index contributed by atoms with van der Waals surface area (Å²) in [4.78, 5) is 4.52. The molecule has 3 nitrogen and oxygen atoms in total. The monoisotopic (exact) mass is 434 g/mol. The lowest BCUT2D eigenvalue weighted by molar-refractivity contribution is 0.445. The van der Waals surface area contributed by atoms with Crippen LogP contribution in [0.5, 0.6) is 5.75 Å². The third kappa shape index (κ3) is 4.67. The van der Waals surface area contributed by atoms with Crippen molar-refractivity contribution in [2.75, 3.05) is 16.5 Å². The highest BCUT2D eigenvalue weighted by Gasteiger charge is 2.29. The molecule has 32 heavy (non-hydrogen) atoms. The van der Waals surface area contributed by atoms with Gasteiger partial charge in [-0.1, -0.05) is 93.5 Å². The average Bonchev–Trinajstić information content (AvgIpc) is 3.15. The Kier molecular flexibility index (Phi) is 6.43. The normalized spacial score (nSPS) is 14.9. The number of anilines is 2. The van der Waals surface area contributed by atoms with Crippen LogP contribution in [0, 0.1) is 0 Å². The molecule has 1 aliphatic heterocycles. The molecule has 0 fully saturated rings. The van der Waals surface area contributed by atoms with Crippen LogP contribution in [0.2, 0.25) is 0 Å². The smallest absolute Gasteiger partial charge is 0.143 e. The second kappa shape index (κ2) is 8.50. The van der Waals surface area contributed by atoms with Crippen LogP contribution in [0.3, 0.4) is 0 Å². The lowest BCUT2D eigenvalue weighted by Crippen LogP contribution is -2.27. The van der Waals surface area contributed by atoms with Gasteiger partial charge in [-0.15, -0.1) is 0 Å². The van der Waals surface area contributed by atoms with Crippen molar-refractivity contribution < 1.29 is 5.11 Å². The van der Waals surface area contributed by atoms with Crippen LogP contribution >= 0.6 is 0 Å². The molecule has 174 valence electrons. The van der Waals surface area contributed by atoms with E-state index in [0.29, 0.717) is 24.3 Å². The van der Waals surface area contributed by atoms with Gasteiger partial charge in [-0.3, -0.25) is 0 Å². The molecule has 0 saturated heterocycles. The molecule has 1 N–H and O–H groups in total. The molecule has 3 rings (SSSR count). The van der Waals surface area contributed by atoms with E-state index in [1.54, 1.807) is 0 Å². The zero-order chi connectivity index (χ0) is 24.0. The summed E-state index contributed by atoms with van der Waals surface area (Å²) in [6.07, 6.45) is 4.27. The highest BCUT2D eigenvalue weighted by atomic mass is 16.3. The molecule has 2 aromatic rings. The molecule has 0 aliphatic carbocycles. The summed E-state index contributed by atoms with van der Waals surface area (Å²) in [6, 6.07) is 11.0. The van der Waals surface area contributed by atoms with Crippen molar-refractivity contribution in [1.82, 2.24) is 0 Å². The SMILES string of the molecule is CC(C)c1cccc(C(C)C)c1N1C=CN(c2cc(C(C)(C)C)cc(C(C)(C)C)c2O)C1. The van der Waals surface area contributed by atoms with Gasteiger partial charge >= 0.3 is 0 Å². The quantitative estimate of drug-likeness (QED) is 0.528. The molecule has 0 saturated carbocycles. The van der Waals surface area contributed by atoms with Crippen molar-refractivity contribution in [2.24, 2.45) is 0 Å². The lowest BCUT2D eigenvalue weighted by Gasteiger charge is -2.31. The van der Waals surface area contributed by atoms with E-state index in [-0.39, 0.29) is 10.8 Å². The van der Waals surface area contributed by atoms with Crippen LogP contribution in [-0.2, 0) is 10.8 Å². The highest BCUT2D eigenvalue weighted by molar-refractivity contribution is 5.71. The van der Waals surface area contributed by atoms with Crippen LogP contribution in [0.15, 0.2) is 42.7 Å². The van der Waals surface area contributed by atoms with Gasteiger partial charge in [-0.05, 0) is 45.4 Å². The van der Waals surface area contributed by atoms with Gasteiger partial charge in [0, 0.05) is 23.7 Å². The minimum Gasteiger partial charge on any atom is -0.505 e. The minimum atomic E-state index is -0.141. The van der Waals surface area contributed by atoms with Crippen molar-refractivity contribution in [3.05, 3.63) is 65.0 Å². The predicted molar refractivity (Wildman–Crippen MR) is 139 cm³/mol. The van der Waals surface area contributed by atoms with Gasteiger partial charge in [0.15, 0.2) is 0 Å². The maximum absolute atomic E-state index is 11.3. The van der Waals surface area contributed by atoms with Gasteiger partial charge in [0.05, 0.1) is 12.4 Å². The van der Waals surface area contributed by atoms with Crippen molar-refractivity contribution >= 4 is 11.4 Å². The molecule has 3 heteroatoms. The molecule has 0 radical (unpaired) electrons. The summed E-state index contributed by atoms with van der Waals surface area (Å²) in [5.74, 6) is 1.27. The third-order valence-corrected chi connectivity index (χ3v) is 6.43. The number of phenolic OH excluding ortho intramolecular Hbond substituents is 1. The zero-order valence-electron chi connectivity index (χ0n) is 21.7. The Labute approximate surface area is 195 Å². The molecule has 0 atom stereocenters. The maximum Gasteiger partial charge on any atom is 0.143 e. The first-order valence-electron chi connectivity index (χ1n) is 11.9. The topological polar surface area (TPSA) is 26.7 Å². The number of hydrogen-bond acceptors (Lipinski definition) is 3. The first kappa shape index (κ1) is 24.2. The number of phenols is 1. The van der Waals surface area contributed by atoms with E-state index in [0.717, 1.165) is 11.3 Å². The standard InChI is InChI=1S/C29H42N2O/c1-19(2)22-12-11-13-23(20(3)4)26(22)31-15-14-30(18-31)25-17-21(28(5,6)7)16-24(27(25)32)29(8,9)10/h11-17,19-20,32H,18H2,1-10H3. The molecule has 0 unspecified atom stereocenters. The summed E-state index contributed by atoms with van der Waals surface area (Å²) in [5, 5.41) is 11.3. The summed E-state index contributed by atoms with van der Waals surface area (Å²) in [5.41, 5.74) is 7.02. The number of para-hydroxylation sites is 1. The van der Waals surface area contributed by atoms with E-state index < -0.39 is 0 Å². The van der Waals surface area contributed by atoms with Crippen molar-refractivity contribution in [2.45, 2.75) is 91.9 Å². The Morgan fingerprint density at radius 3 is 1.78 bits per heavy atom. The van der Waals surface area contributed by atoms with E-state index in [9.17, 15) is 5.11 Å². The second-order valence-corrected chi connectivity index (χ2v) is 11.9. The van der Waals surface area contributed by atoms with Crippen LogP contribution in [0.4, 0.5) is 11.4 Å². The largest absolute Gasteiger partial charge is 0.505 e. The van der Waals surface area contributed by atoms with Crippen LogP contribution < -0.4 is 9.80 Å². The Morgan fingerprint density at radius 1 is 0.781 bits per heavy atom. The summed E-state index contributed by atoms with van der Waals surface area (Å²) < 4.78 is 0. The first-order valence-corrected chi connectivity index (χ1v) is 11.9. The first-order chi connectivity index (χ1) is 14.7. The van der Waals surface area contributed by atoms with Gasteiger partial charge in [0.2, 0.25) is 0 Å². The predicted octanol–water partition coefficient (Wildman–Crippen LogP) is 7.99. The fourth-order valence-electron chi connectivity index (χ4n) is 4.41. The molecule has 0 amide bonds. The van der Waals surface area contributed by atoms with E-state index >= 15 is 0 Å². The fourth-order valence-corrected chi connectivity index (χ4v) is 4.41. The number of rotatable bonds is 4. The maximum atomic E-state index is 11.3. The van der Waals surface area contributed by atoms with Crippen LogP contribution in [0.1, 0.15) is 103 Å². The number of nitrogens with zero attached hydrogens (tertiary/aromatic N) is 2. The van der Waals surface area contributed by atoms with Crippen LogP contribution in [-0.4, -0.2) is 11.8 Å². The zero-order valence-corrected chi connectivity index (χ0v) is 21.7. The van der Waals surface area contributed by atoms with Gasteiger partial charge in [0.1, 0.15) is 5.75 Å². The number of aromatic hydroxyl groups is 1. The van der Waals surface area contributed by atoms with Gasteiger partial charge in [-0.2, -0.15) is 0 Å². The molecule has 0 aromatic heterocycles. The van der Waals surface area contributed by atoms with Crippen molar-refractivity contribution in [1.29, 1.82) is 0 Å². The van der Waals surface area contributed by atoms with E-state index in [2.05, 4.69) is 122 Å². The van der Waals surface area contributed by atoms with E-state index in [4.69, 9.17) is 0 Å². The molecule has 1 heterocycles. The molecule has 0 bridgehead atoms. The third-order valence-electron chi connectivity index (χ3n) is 6.43. The van der Waals surface area contributed by atoms with Gasteiger partial charge < -0.3 is 14.9 Å². The average molecular weight is 435 g/mol. The molecule has 0 spiro atoms. The number of hydrogen-bond donors (Lipinski definition) is 1. The molecule has 1 aliphatic rings. The molecular weight excluding hydrogens is 392 g/mol. The summed E-state index contributed by atoms with van der Waals surface area (Å²) >= 11 is 0. The van der Waals surface area contributed by atoms with Crippen molar-refractivity contribution in [3.63, 3.8) is 0 Å². The Balaban J connectivity index is 2.08. The Bertz CT molecular complexity index is 977. The van der Waals surface area contributed by atoms with Crippen LogP contribution in [0.25, 0.3) is 0 Å². The lowest BCUT2D eigenvalue weighted by atomic mass is 9.79. The van der Waals surface area contributed by atoms with E-state index in [1.807, 2.05) is 0 Å². The molecular formula is C29H42N2O. The fraction of sp³-hybridized carbons (Fsp3) is 0.517. The summed E-state index contributed by atoms with van der Waals surface area (Å²) in [7, 11) is 0. The Morgan fingerprint density at radius 2 is 1.31 bits per heavy atom. The molecule has 2 aromatic carbocycles. The van der Waals surface area contributed by atoms with Gasteiger partial charge in [0.25, 0.3) is 0 Å². The van der Waals surface area contributed by atoms with E-state index in [1.165, 1.54) is 22.4 Å².